The number of ether oxygens (including phenoxy) is 2. The lowest BCUT2D eigenvalue weighted by molar-refractivity contribution is -0.0650. The maximum Gasteiger partial charge on any atom is 0.213 e. The van der Waals surface area contributed by atoms with Gasteiger partial charge in [-0.15, -0.1) is 0 Å². The van der Waals surface area contributed by atoms with E-state index in [1.165, 1.54) is 29.5 Å². The molecule has 2 aliphatic heterocycles. The number of rotatable bonds is 10. The second-order valence-corrected chi connectivity index (χ2v) is 10.00. The fraction of sp³-hybridized carbons (Fsp3) is 0.519. The van der Waals surface area contributed by atoms with Crippen molar-refractivity contribution in [1.29, 1.82) is 0 Å². The van der Waals surface area contributed by atoms with Crippen molar-refractivity contribution >= 4 is 5.69 Å². The van der Waals surface area contributed by atoms with Gasteiger partial charge in [0, 0.05) is 69.6 Å². The second kappa shape index (κ2) is 12.3. The summed E-state index contributed by atoms with van der Waals surface area (Å²) in [6, 6.07) is 6.69. The average molecular weight is 544 g/mol. The van der Waals surface area contributed by atoms with Gasteiger partial charge in [0.25, 0.3) is 0 Å². The number of morpholine rings is 1. The van der Waals surface area contributed by atoms with E-state index in [0.29, 0.717) is 38.7 Å². The molecule has 2 aromatic heterocycles. The van der Waals surface area contributed by atoms with Crippen LogP contribution in [0, 0.1) is 11.6 Å². The first kappa shape index (κ1) is 27.4. The zero-order chi connectivity index (χ0) is 27.2. The Hall–Kier alpha value is -3.19. The fourth-order valence-electron chi connectivity index (χ4n) is 5.26. The highest BCUT2D eigenvalue weighted by molar-refractivity contribution is 5.46. The molecule has 0 amide bonds. The van der Waals surface area contributed by atoms with Crippen molar-refractivity contribution in [3.63, 3.8) is 0 Å². The Morgan fingerprint density at radius 2 is 1.87 bits per heavy atom. The number of anilines is 1. The zero-order valence-corrected chi connectivity index (χ0v) is 22.1. The van der Waals surface area contributed by atoms with Crippen molar-refractivity contribution in [2.24, 2.45) is 0 Å². The van der Waals surface area contributed by atoms with Crippen molar-refractivity contribution < 1.29 is 23.4 Å². The Morgan fingerprint density at radius 3 is 2.54 bits per heavy atom. The fourth-order valence-corrected chi connectivity index (χ4v) is 5.26. The molecule has 2 atom stereocenters. The molecule has 1 aromatic carbocycles. The van der Waals surface area contributed by atoms with Gasteiger partial charge in [-0.05, 0) is 19.1 Å². The largest absolute Gasteiger partial charge is 0.476 e. The number of hydrogen-bond donors (Lipinski definition) is 1. The summed E-state index contributed by atoms with van der Waals surface area (Å²) in [4.78, 5) is 15.1. The monoisotopic (exact) mass is 543 g/mol. The number of piperazine rings is 1. The summed E-state index contributed by atoms with van der Waals surface area (Å²) in [5.41, 5.74) is -0.636. The lowest BCUT2D eigenvalue weighted by Crippen LogP contribution is -2.57. The van der Waals surface area contributed by atoms with Crippen LogP contribution in [0.15, 0.2) is 49.2 Å². The minimum Gasteiger partial charge on any atom is -0.476 e. The number of halogens is 2. The molecule has 1 N–H and O–H groups in total. The summed E-state index contributed by atoms with van der Waals surface area (Å²) >= 11 is 0. The third-order valence-corrected chi connectivity index (χ3v) is 7.67. The summed E-state index contributed by atoms with van der Waals surface area (Å²) in [5, 5.41) is 16.0. The van der Waals surface area contributed by atoms with Crippen LogP contribution in [0.25, 0.3) is 0 Å². The third-order valence-electron chi connectivity index (χ3n) is 7.67. The number of pyridine rings is 1. The van der Waals surface area contributed by atoms with Crippen LogP contribution in [0.4, 0.5) is 14.5 Å². The molecule has 2 saturated heterocycles. The minimum atomic E-state index is -1.66. The summed E-state index contributed by atoms with van der Waals surface area (Å²) < 4.78 is 41.2. The minimum absolute atomic E-state index is 0.0200. The molecular formula is C27H35F2N7O3. The Morgan fingerprint density at radius 1 is 1.08 bits per heavy atom. The lowest BCUT2D eigenvalue weighted by Gasteiger charge is -2.45. The van der Waals surface area contributed by atoms with Crippen LogP contribution in [0.5, 0.6) is 5.88 Å². The quantitative estimate of drug-likeness (QED) is 0.411. The van der Waals surface area contributed by atoms with E-state index in [1.54, 1.807) is 0 Å². The molecular weight excluding hydrogens is 508 g/mol. The van der Waals surface area contributed by atoms with E-state index in [-0.39, 0.29) is 12.1 Å². The van der Waals surface area contributed by atoms with Gasteiger partial charge >= 0.3 is 0 Å². The van der Waals surface area contributed by atoms with E-state index >= 15 is 0 Å². The maximum absolute atomic E-state index is 14.9. The molecule has 2 aliphatic rings. The molecule has 0 saturated carbocycles. The smallest absolute Gasteiger partial charge is 0.213 e. The van der Waals surface area contributed by atoms with Gasteiger partial charge in [-0.2, -0.15) is 5.10 Å². The summed E-state index contributed by atoms with van der Waals surface area (Å²) in [5.74, 6) is -0.886. The normalized spacial score (nSPS) is 19.5. The predicted molar refractivity (Wildman–Crippen MR) is 141 cm³/mol. The maximum atomic E-state index is 14.9. The SMILES string of the molecule is CC(N1CCN(c2ccc(OCCN3CCOCC3)nc2)CC1)C(O)(Cn1cncn1)c1ccc(F)cc1F. The van der Waals surface area contributed by atoms with Gasteiger partial charge in [-0.25, -0.2) is 23.4 Å². The predicted octanol–water partition coefficient (Wildman–Crippen LogP) is 1.76. The van der Waals surface area contributed by atoms with Crippen molar-refractivity contribution in [2.45, 2.75) is 25.1 Å². The molecule has 0 aliphatic carbocycles. The summed E-state index contributed by atoms with van der Waals surface area (Å²) in [6.45, 7) is 9.34. The number of aromatic nitrogens is 4. The third kappa shape index (κ3) is 6.52. The Bertz CT molecular complexity index is 1190. The van der Waals surface area contributed by atoms with Crippen molar-refractivity contribution in [1.82, 2.24) is 29.5 Å². The Kier molecular flexibility index (Phi) is 8.66. The average Bonchev–Trinajstić information content (AvgIpc) is 3.46. The zero-order valence-electron chi connectivity index (χ0n) is 22.1. The van der Waals surface area contributed by atoms with Crippen molar-refractivity contribution in [3.8, 4) is 5.88 Å². The van der Waals surface area contributed by atoms with Gasteiger partial charge in [0.05, 0.1) is 31.6 Å². The van der Waals surface area contributed by atoms with Gasteiger partial charge in [0.1, 0.15) is 36.5 Å². The van der Waals surface area contributed by atoms with Crippen molar-refractivity contribution in [3.05, 3.63) is 66.4 Å². The van der Waals surface area contributed by atoms with E-state index in [4.69, 9.17) is 9.47 Å². The van der Waals surface area contributed by atoms with Crippen LogP contribution < -0.4 is 9.64 Å². The van der Waals surface area contributed by atoms with Crippen LogP contribution in [0.3, 0.4) is 0 Å². The van der Waals surface area contributed by atoms with Gasteiger partial charge in [-0.3, -0.25) is 9.80 Å². The first-order valence-electron chi connectivity index (χ1n) is 13.3. The van der Waals surface area contributed by atoms with Crippen molar-refractivity contribution in [2.75, 3.05) is 70.5 Å². The van der Waals surface area contributed by atoms with Crippen LogP contribution in [0.2, 0.25) is 0 Å². The van der Waals surface area contributed by atoms with Gasteiger partial charge < -0.3 is 19.5 Å². The molecule has 0 spiro atoms. The molecule has 4 heterocycles. The Labute approximate surface area is 226 Å². The van der Waals surface area contributed by atoms with Crippen LogP contribution in [0.1, 0.15) is 12.5 Å². The number of aliphatic hydroxyl groups is 1. The van der Waals surface area contributed by atoms with E-state index in [1.807, 2.05) is 25.3 Å². The highest BCUT2D eigenvalue weighted by Crippen LogP contribution is 2.33. The Balaban J connectivity index is 1.19. The number of benzene rings is 1. The number of nitrogens with zero attached hydrogens (tertiary/aromatic N) is 7. The molecule has 2 fully saturated rings. The van der Waals surface area contributed by atoms with Gasteiger partial charge in [-0.1, -0.05) is 6.07 Å². The first-order valence-corrected chi connectivity index (χ1v) is 13.3. The number of hydrogen-bond acceptors (Lipinski definition) is 9. The van der Waals surface area contributed by atoms with E-state index in [2.05, 4.69) is 29.8 Å². The molecule has 5 rings (SSSR count). The summed E-state index contributed by atoms with van der Waals surface area (Å²) in [7, 11) is 0. The highest BCUT2D eigenvalue weighted by Gasteiger charge is 2.42. The van der Waals surface area contributed by atoms with Crippen LogP contribution in [-0.4, -0.2) is 106 Å². The highest BCUT2D eigenvalue weighted by atomic mass is 19.1. The lowest BCUT2D eigenvalue weighted by atomic mass is 9.85. The van der Waals surface area contributed by atoms with Gasteiger partial charge in [0.2, 0.25) is 5.88 Å². The van der Waals surface area contributed by atoms with Crippen LogP contribution >= 0.6 is 0 Å². The molecule has 12 heteroatoms. The molecule has 3 aromatic rings. The molecule has 10 nitrogen and oxygen atoms in total. The van der Waals surface area contributed by atoms with E-state index < -0.39 is 23.3 Å². The van der Waals surface area contributed by atoms with Crippen LogP contribution in [-0.2, 0) is 16.9 Å². The standard InChI is InChI=1S/C27H35F2N7O3/c1-21(27(37,18-36-20-30-19-32-36)24-4-2-22(28)16-25(24)29)34-6-8-35(9-7-34)23-3-5-26(31-17-23)39-15-12-33-10-13-38-14-11-33/h2-5,16-17,19-21,37H,6-15,18H2,1H3. The second-order valence-electron chi connectivity index (χ2n) is 10.00. The molecule has 2 unspecified atom stereocenters. The summed E-state index contributed by atoms with van der Waals surface area (Å²) in [6.07, 6.45) is 4.65. The first-order chi connectivity index (χ1) is 18.9. The van der Waals surface area contributed by atoms with E-state index in [9.17, 15) is 13.9 Å². The molecule has 0 bridgehead atoms. The van der Waals surface area contributed by atoms with E-state index in [0.717, 1.165) is 44.6 Å². The molecule has 210 valence electrons. The topological polar surface area (TPSA) is 92.0 Å². The van der Waals surface area contributed by atoms with Gasteiger partial charge in [0.15, 0.2) is 0 Å². The molecule has 39 heavy (non-hydrogen) atoms. The molecule has 0 radical (unpaired) electrons.